The number of aryl methyl sites for hydroxylation is 1. The Morgan fingerprint density at radius 2 is 1.83 bits per heavy atom. The number of hydrogen-bond donors (Lipinski definition) is 0. The second-order valence-electron chi connectivity index (χ2n) is 8.15. The molecule has 4 aromatic rings. The number of methoxy groups -OCH3 is 2. The lowest BCUT2D eigenvalue weighted by molar-refractivity contribution is 0.159. The molecule has 10 heteroatoms. The fourth-order valence-corrected chi connectivity index (χ4v) is 4.07. The Kier molecular flexibility index (Phi) is 6.09. The molecule has 2 aromatic carbocycles. The van der Waals surface area contributed by atoms with Crippen LogP contribution in [0.4, 0.5) is 16.2 Å². The van der Waals surface area contributed by atoms with E-state index in [1.54, 1.807) is 36.2 Å². The number of fused-ring (bicyclic) bond motifs is 1. The summed E-state index contributed by atoms with van der Waals surface area (Å²) in [6.45, 7) is 2.02. The van der Waals surface area contributed by atoms with Gasteiger partial charge in [0, 0.05) is 61.5 Å². The van der Waals surface area contributed by atoms with E-state index < -0.39 is 0 Å². The zero-order valence-electron chi connectivity index (χ0n) is 19.8. The molecular formula is C25H26N6O4. The smallest absolute Gasteiger partial charge is 0.410 e. The van der Waals surface area contributed by atoms with E-state index in [2.05, 4.69) is 15.0 Å². The first-order chi connectivity index (χ1) is 17.0. The SMILES string of the molecule is COc1cc(OC)cc(N(CCN2CCOC2=O)c2ccc3ncc(-c4cnn(C)c4)nc3c2)c1. The Morgan fingerprint density at radius 3 is 2.49 bits per heavy atom. The predicted molar refractivity (Wildman–Crippen MR) is 131 cm³/mol. The van der Waals surface area contributed by atoms with Crippen LogP contribution in [0.2, 0.25) is 0 Å². The molecule has 5 rings (SSSR count). The van der Waals surface area contributed by atoms with Crippen molar-refractivity contribution >= 4 is 28.5 Å². The van der Waals surface area contributed by atoms with Gasteiger partial charge in [0.15, 0.2) is 0 Å². The molecule has 1 amide bonds. The van der Waals surface area contributed by atoms with Crippen LogP contribution in [0.5, 0.6) is 11.5 Å². The molecular weight excluding hydrogens is 448 g/mol. The number of nitrogens with zero attached hydrogens (tertiary/aromatic N) is 6. The molecule has 0 saturated carbocycles. The molecule has 1 fully saturated rings. The third kappa shape index (κ3) is 4.68. The van der Waals surface area contributed by atoms with Gasteiger partial charge < -0.3 is 24.0 Å². The highest BCUT2D eigenvalue weighted by Gasteiger charge is 2.23. The summed E-state index contributed by atoms with van der Waals surface area (Å²) in [6, 6.07) is 11.6. The van der Waals surface area contributed by atoms with Gasteiger partial charge >= 0.3 is 6.09 Å². The molecule has 35 heavy (non-hydrogen) atoms. The number of carbonyl (C=O) groups excluding carboxylic acids is 1. The Hall–Kier alpha value is -4.34. The highest BCUT2D eigenvalue weighted by atomic mass is 16.6. The van der Waals surface area contributed by atoms with Crippen LogP contribution in [0.1, 0.15) is 0 Å². The highest BCUT2D eigenvalue weighted by Crippen LogP contribution is 2.34. The van der Waals surface area contributed by atoms with Gasteiger partial charge in [-0.1, -0.05) is 0 Å². The molecule has 1 aliphatic rings. The number of ether oxygens (including phenoxy) is 3. The molecule has 0 N–H and O–H groups in total. The molecule has 0 unspecified atom stereocenters. The van der Waals surface area contributed by atoms with Gasteiger partial charge in [-0.05, 0) is 18.2 Å². The van der Waals surface area contributed by atoms with Crippen LogP contribution < -0.4 is 14.4 Å². The Morgan fingerprint density at radius 1 is 1.03 bits per heavy atom. The highest BCUT2D eigenvalue weighted by molar-refractivity contribution is 5.83. The number of cyclic esters (lactones) is 1. The molecule has 1 aliphatic heterocycles. The van der Waals surface area contributed by atoms with Gasteiger partial charge in [-0.3, -0.25) is 9.67 Å². The first-order valence-electron chi connectivity index (χ1n) is 11.2. The van der Waals surface area contributed by atoms with Crippen molar-refractivity contribution in [1.82, 2.24) is 24.6 Å². The third-order valence-electron chi connectivity index (χ3n) is 5.92. The Labute approximate surface area is 202 Å². The van der Waals surface area contributed by atoms with Crippen molar-refractivity contribution in [1.29, 1.82) is 0 Å². The number of anilines is 2. The summed E-state index contributed by atoms with van der Waals surface area (Å²) in [7, 11) is 5.11. The first-order valence-corrected chi connectivity index (χ1v) is 11.2. The maximum Gasteiger partial charge on any atom is 0.410 e. The number of amides is 1. The zero-order valence-corrected chi connectivity index (χ0v) is 19.8. The maximum absolute atomic E-state index is 12.0. The van der Waals surface area contributed by atoms with Gasteiger partial charge in [-0.25, -0.2) is 9.78 Å². The summed E-state index contributed by atoms with van der Waals surface area (Å²) in [5.41, 5.74) is 4.95. The van der Waals surface area contributed by atoms with E-state index >= 15 is 0 Å². The maximum atomic E-state index is 12.0. The van der Waals surface area contributed by atoms with Gasteiger partial charge in [-0.15, -0.1) is 0 Å². The van der Waals surface area contributed by atoms with E-state index in [0.717, 1.165) is 33.7 Å². The minimum atomic E-state index is -0.293. The van der Waals surface area contributed by atoms with Crippen molar-refractivity contribution in [2.24, 2.45) is 7.05 Å². The Balaban J connectivity index is 1.55. The summed E-state index contributed by atoms with van der Waals surface area (Å²) in [5, 5.41) is 4.23. The van der Waals surface area contributed by atoms with E-state index in [4.69, 9.17) is 19.2 Å². The van der Waals surface area contributed by atoms with Gasteiger partial charge in [0.1, 0.15) is 18.1 Å². The fraction of sp³-hybridized carbons (Fsp3) is 0.280. The first kappa shape index (κ1) is 22.5. The van der Waals surface area contributed by atoms with Gasteiger partial charge in [0.05, 0.1) is 49.9 Å². The lowest BCUT2D eigenvalue weighted by Crippen LogP contribution is -2.33. The normalized spacial score (nSPS) is 13.2. The monoisotopic (exact) mass is 474 g/mol. The molecule has 0 bridgehead atoms. The zero-order chi connectivity index (χ0) is 24.4. The number of rotatable bonds is 8. The van der Waals surface area contributed by atoms with Crippen molar-refractivity contribution in [2.45, 2.75) is 0 Å². The number of carbonyl (C=O) groups is 1. The molecule has 10 nitrogen and oxygen atoms in total. The second kappa shape index (κ2) is 9.49. The van der Waals surface area contributed by atoms with Crippen LogP contribution in [0.3, 0.4) is 0 Å². The average Bonchev–Trinajstić information content (AvgIpc) is 3.51. The molecule has 0 spiro atoms. The van der Waals surface area contributed by atoms with Gasteiger partial charge in [0.2, 0.25) is 0 Å². The van der Waals surface area contributed by atoms with Gasteiger partial charge in [-0.2, -0.15) is 5.10 Å². The van der Waals surface area contributed by atoms with Crippen LogP contribution >= 0.6 is 0 Å². The molecule has 2 aromatic heterocycles. The molecule has 0 atom stereocenters. The molecule has 1 saturated heterocycles. The van der Waals surface area contributed by atoms with E-state index in [-0.39, 0.29) is 6.09 Å². The summed E-state index contributed by atoms with van der Waals surface area (Å²) >= 11 is 0. The van der Waals surface area contributed by atoms with E-state index in [0.29, 0.717) is 37.7 Å². The largest absolute Gasteiger partial charge is 0.497 e. The topological polar surface area (TPSA) is 94.8 Å². The predicted octanol–water partition coefficient (Wildman–Crippen LogP) is 3.64. The average molecular weight is 475 g/mol. The Bertz CT molecular complexity index is 1350. The lowest BCUT2D eigenvalue weighted by Gasteiger charge is -2.27. The minimum absolute atomic E-state index is 0.293. The summed E-state index contributed by atoms with van der Waals surface area (Å²) in [4.78, 5) is 25.3. The van der Waals surface area contributed by atoms with E-state index in [1.807, 2.05) is 49.6 Å². The summed E-state index contributed by atoms with van der Waals surface area (Å²) in [5.74, 6) is 1.34. The molecule has 3 heterocycles. The number of aromatic nitrogens is 4. The second-order valence-corrected chi connectivity index (χ2v) is 8.15. The van der Waals surface area contributed by atoms with Gasteiger partial charge in [0.25, 0.3) is 0 Å². The lowest BCUT2D eigenvalue weighted by atomic mass is 10.2. The standard InChI is InChI=1S/C25H26N6O4/c1-29-16-17(14-27-29)24-15-26-22-5-4-18(12-23(22)28-24)31(7-6-30-8-9-35-25(30)32)19-10-20(33-2)13-21(11-19)34-3/h4-5,10-16H,6-9H2,1-3H3. The molecule has 180 valence electrons. The van der Waals surface area contributed by atoms with E-state index in [1.165, 1.54) is 0 Å². The van der Waals surface area contributed by atoms with E-state index in [9.17, 15) is 4.79 Å². The van der Waals surface area contributed by atoms with Crippen molar-refractivity contribution in [3.05, 3.63) is 55.0 Å². The van der Waals surface area contributed by atoms with Crippen molar-refractivity contribution < 1.29 is 19.0 Å². The minimum Gasteiger partial charge on any atom is -0.497 e. The number of benzene rings is 2. The fourth-order valence-electron chi connectivity index (χ4n) is 4.07. The van der Waals surface area contributed by atoms with Crippen LogP contribution in [-0.4, -0.2) is 71.2 Å². The molecule has 0 radical (unpaired) electrons. The summed E-state index contributed by atoms with van der Waals surface area (Å²) < 4.78 is 17.8. The van der Waals surface area contributed by atoms with Crippen LogP contribution in [0, 0.1) is 0 Å². The van der Waals surface area contributed by atoms with Crippen LogP contribution in [0.25, 0.3) is 22.3 Å². The van der Waals surface area contributed by atoms with Crippen molar-refractivity contribution in [2.75, 3.05) is 45.4 Å². The van der Waals surface area contributed by atoms with Crippen molar-refractivity contribution in [3.8, 4) is 22.8 Å². The van der Waals surface area contributed by atoms with Crippen molar-refractivity contribution in [3.63, 3.8) is 0 Å². The van der Waals surface area contributed by atoms with Crippen LogP contribution in [0.15, 0.2) is 55.0 Å². The molecule has 0 aliphatic carbocycles. The third-order valence-corrected chi connectivity index (χ3v) is 5.92. The number of hydrogen-bond acceptors (Lipinski definition) is 8. The van der Waals surface area contributed by atoms with Crippen LogP contribution in [-0.2, 0) is 11.8 Å². The summed E-state index contributed by atoms with van der Waals surface area (Å²) in [6.07, 6.45) is 5.13. The quantitative estimate of drug-likeness (QED) is 0.382.